The van der Waals surface area contributed by atoms with Crippen molar-refractivity contribution >= 4 is 11.6 Å². The third-order valence-electron chi connectivity index (χ3n) is 5.39. The number of aryl methyl sites for hydroxylation is 1. The Morgan fingerprint density at radius 1 is 1.10 bits per heavy atom. The van der Waals surface area contributed by atoms with E-state index < -0.39 is 0 Å². The minimum Gasteiger partial charge on any atom is -0.399 e. The van der Waals surface area contributed by atoms with E-state index in [1.165, 1.54) is 5.56 Å². The van der Waals surface area contributed by atoms with E-state index in [2.05, 4.69) is 22.0 Å². The van der Waals surface area contributed by atoms with Gasteiger partial charge in [0, 0.05) is 43.0 Å². The first kappa shape index (κ1) is 19.1. The zero-order chi connectivity index (χ0) is 20.4. The van der Waals surface area contributed by atoms with Crippen molar-refractivity contribution in [3.8, 4) is 11.4 Å². The summed E-state index contributed by atoms with van der Waals surface area (Å²) in [6.07, 6.45) is 0. The summed E-state index contributed by atoms with van der Waals surface area (Å²) in [5.41, 5.74) is 9.16. The summed E-state index contributed by atoms with van der Waals surface area (Å²) in [6.45, 7) is 6.90. The fourth-order valence-electron chi connectivity index (χ4n) is 3.55. The molecule has 1 unspecified atom stereocenters. The van der Waals surface area contributed by atoms with Gasteiger partial charge >= 0.3 is 0 Å². The number of nitrogens with two attached hydrogens (primary N) is 1. The summed E-state index contributed by atoms with van der Waals surface area (Å²) in [5, 5.41) is 4.13. The maximum absolute atomic E-state index is 12.7. The molecule has 2 aromatic carbocycles. The van der Waals surface area contributed by atoms with E-state index in [0.717, 1.165) is 18.7 Å². The molecule has 0 bridgehead atoms. The van der Waals surface area contributed by atoms with Crippen molar-refractivity contribution in [1.82, 2.24) is 19.9 Å². The lowest BCUT2D eigenvalue weighted by Gasteiger charge is -2.36. The maximum Gasteiger partial charge on any atom is 0.254 e. The SMILES string of the molecule is Cc1ccc(-c2noc(C(C)N3CCN(C(=O)c4cccc(N)c4)CC3)n2)cc1. The number of piperazine rings is 1. The molecule has 150 valence electrons. The number of benzene rings is 2. The molecular weight excluding hydrogens is 366 g/mol. The number of anilines is 1. The minimum absolute atomic E-state index is 0.00804. The standard InChI is InChI=1S/C22H25N5O2/c1-15-6-8-17(9-7-15)20-24-21(29-25-20)16(2)26-10-12-27(13-11-26)22(28)18-4-3-5-19(23)14-18/h3-9,14,16H,10-13,23H2,1-2H3. The van der Waals surface area contributed by atoms with E-state index in [4.69, 9.17) is 10.3 Å². The fraction of sp³-hybridized carbons (Fsp3) is 0.318. The van der Waals surface area contributed by atoms with Crippen LogP contribution in [-0.4, -0.2) is 52.0 Å². The number of nitrogen functional groups attached to an aromatic ring is 1. The molecule has 3 aromatic rings. The van der Waals surface area contributed by atoms with Crippen molar-refractivity contribution in [3.63, 3.8) is 0 Å². The molecule has 7 heteroatoms. The number of hydrogen-bond acceptors (Lipinski definition) is 6. The van der Waals surface area contributed by atoms with Crippen molar-refractivity contribution in [2.45, 2.75) is 19.9 Å². The van der Waals surface area contributed by atoms with Gasteiger partial charge in [-0.2, -0.15) is 4.98 Å². The Morgan fingerprint density at radius 2 is 1.83 bits per heavy atom. The predicted molar refractivity (Wildman–Crippen MR) is 111 cm³/mol. The van der Waals surface area contributed by atoms with Crippen molar-refractivity contribution in [2.75, 3.05) is 31.9 Å². The Morgan fingerprint density at radius 3 is 2.52 bits per heavy atom. The van der Waals surface area contributed by atoms with Crippen molar-refractivity contribution in [1.29, 1.82) is 0 Å². The van der Waals surface area contributed by atoms with Crippen LogP contribution in [0, 0.1) is 6.92 Å². The fourth-order valence-corrected chi connectivity index (χ4v) is 3.55. The van der Waals surface area contributed by atoms with Crippen LogP contribution >= 0.6 is 0 Å². The lowest BCUT2D eigenvalue weighted by molar-refractivity contribution is 0.0551. The van der Waals surface area contributed by atoms with Gasteiger partial charge in [-0.05, 0) is 32.0 Å². The highest BCUT2D eigenvalue weighted by Gasteiger charge is 2.28. The normalized spacial score (nSPS) is 16.0. The number of carbonyl (C=O) groups is 1. The number of rotatable bonds is 4. The van der Waals surface area contributed by atoms with E-state index in [0.29, 0.717) is 36.1 Å². The van der Waals surface area contributed by atoms with Crippen LogP contribution in [0.15, 0.2) is 53.1 Å². The third kappa shape index (κ3) is 4.14. The Balaban J connectivity index is 1.38. The Labute approximate surface area is 170 Å². The van der Waals surface area contributed by atoms with Crippen molar-refractivity contribution in [2.24, 2.45) is 0 Å². The van der Waals surface area contributed by atoms with Crippen LogP contribution in [0.2, 0.25) is 0 Å². The van der Waals surface area contributed by atoms with Gasteiger partial charge in [0.25, 0.3) is 5.91 Å². The monoisotopic (exact) mass is 391 g/mol. The van der Waals surface area contributed by atoms with Crippen molar-refractivity contribution < 1.29 is 9.32 Å². The second-order valence-electron chi connectivity index (χ2n) is 7.45. The molecule has 2 heterocycles. The first-order valence-electron chi connectivity index (χ1n) is 9.81. The van der Waals surface area contributed by atoms with E-state index in [1.54, 1.807) is 18.2 Å². The molecule has 2 N–H and O–H groups in total. The average Bonchev–Trinajstić information content (AvgIpc) is 3.23. The van der Waals surface area contributed by atoms with E-state index >= 15 is 0 Å². The predicted octanol–water partition coefficient (Wildman–Crippen LogP) is 3.15. The molecule has 1 aromatic heterocycles. The van der Waals surface area contributed by atoms with Gasteiger partial charge in [0.1, 0.15) is 0 Å². The summed E-state index contributed by atoms with van der Waals surface area (Å²) < 4.78 is 5.52. The molecule has 1 saturated heterocycles. The number of hydrogen-bond donors (Lipinski definition) is 1. The lowest BCUT2D eigenvalue weighted by atomic mass is 10.1. The van der Waals surface area contributed by atoms with Gasteiger partial charge in [-0.3, -0.25) is 9.69 Å². The molecule has 1 atom stereocenters. The molecule has 29 heavy (non-hydrogen) atoms. The van der Waals surface area contributed by atoms with Crippen LogP contribution in [0.3, 0.4) is 0 Å². The van der Waals surface area contributed by atoms with Crippen molar-refractivity contribution in [3.05, 3.63) is 65.5 Å². The van der Waals surface area contributed by atoms with Crippen LogP contribution in [0.4, 0.5) is 5.69 Å². The van der Waals surface area contributed by atoms with Gasteiger partial charge in [0.05, 0.1) is 6.04 Å². The Kier molecular flexibility index (Phi) is 5.31. The highest BCUT2D eigenvalue weighted by molar-refractivity contribution is 5.95. The third-order valence-corrected chi connectivity index (χ3v) is 5.39. The average molecular weight is 391 g/mol. The van der Waals surface area contributed by atoms with Gasteiger partial charge in [0.15, 0.2) is 0 Å². The highest BCUT2D eigenvalue weighted by Crippen LogP contribution is 2.24. The van der Waals surface area contributed by atoms with Crippen LogP contribution < -0.4 is 5.73 Å². The highest BCUT2D eigenvalue weighted by atomic mass is 16.5. The molecule has 0 aliphatic carbocycles. The number of aromatic nitrogens is 2. The van der Waals surface area contributed by atoms with Gasteiger partial charge in [0.2, 0.25) is 11.7 Å². The zero-order valence-corrected chi connectivity index (χ0v) is 16.7. The molecule has 1 fully saturated rings. The number of nitrogens with zero attached hydrogens (tertiary/aromatic N) is 4. The topological polar surface area (TPSA) is 88.5 Å². The smallest absolute Gasteiger partial charge is 0.254 e. The van der Waals surface area contributed by atoms with Crippen LogP contribution in [0.5, 0.6) is 0 Å². The molecule has 4 rings (SSSR count). The first-order chi connectivity index (χ1) is 14.0. The molecule has 0 radical (unpaired) electrons. The van der Waals surface area contributed by atoms with Crippen LogP contribution in [0.25, 0.3) is 11.4 Å². The van der Waals surface area contributed by atoms with E-state index in [9.17, 15) is 4.79 Å². The summed E-state index contributed by atoms with van der Waals surface area (Å²) >= 11 is 0. The second kappa shape index (κ2) is 8.05. The summed E-state index contributed by atoms with van der Waals surface area (Å²) in [7, 11) is 0. The van der Waals surface area contributed by atoms with E-state index in [-0.39, 0.29) is 11.9 Å². The van der Waals surface area contributed by atoms with Gasteiger partial charge in [-0.1, -0.05) is 41.1 Å². The molecule has 1 aliphatic heterocycles. The summed E-state index contributed by atoms with van der Waals surface area (Å²) in [6, 6.07) is 15.2. The Hall–Kier alpha value is -3.19. The maximum atomic E-state index is 12.7. The number of amides is 1. The molecule has 1 amide bonds. The largest absolute Gasteiger partial charge is 0.399 e. The van der Waals surface area contributed by atoms with Gasteiger partial charge in [-0.15, -0.1) is 0 Å². The van der Waals surface area contributed by atoms with Crippen LogP contribution in [-0.2, 0) is 0 Å². The lowest BCUT2D eigenvalue weighted by Crippen LogP contribution is -2.49. The molecular formula is C22H25N5O2. The molecule has 0 spiro atoms. The summed E-state index contributed by atoms with van der Waals surface area (Å²) in [4.78, 5) is 21.4. The summed E-state index contributed by atoms with van der Waals surface area (Å²) in [5.74, 6) is 1.21. The molecule has 7 nitrogen and oxygen atoms in total. The quantitative estimate of drug-likeness (QED) is 0.688. The first-order valence-corrected chi connectivity index (χ1v) is 9.81. The molecule has 1 aliphatic rings. The molecule has 0 saturated carbocycles. The minimum atomic E-state index is -0.00804. The van der Waals surface area contributed by atoms with Crippen LogP contribution in [0.1, 0.15) is 34.8 Å². The van der Waals surface area contributed by atoms with Gasteiger partial charge in [-0.25, -0.2) is 0 Å². The van der Waals surface area contributed by atoms with E-state index in [1.807, 2.05) is 42.2 Å². The Bertz CT molecular complexity index is 990. The number of carbonyl (C=O) groups excluding carboxylic acids is 1. The van der Waals surface area contributed by atoms with Gasteiger partial charge < -0.3 is 15.2 Å². The second-order valence-corrected chi connectivity index (χ2v) is 7.45. The zero-order valence-electron chi connectivity index (χ0n) is 16.7.